The van der Waals surface area contributed by atoms with Crippen molar-refractivity contribution in [1.29, 1.82) is 0 Å². The van der Waals surface area contributed by atoms with E-state index in [4.69, 9.17) is 16.5 Å². The van der Waals surface area contributed by atoms with Crippen LogP contribution in [0.4, 0.5) is 0 Å². The fourth-order valence-electron chi connectivity index (χ4n) is 8.18. The number of Topliss-reactive ketones (excluding diaryl/α,β-unsaturated/α-hetero) is 1. The average molecular weight is 690 g/mol. The van der Waals surface area contributed by atoms with Crippen molar-refractivity contribution in [3.63, 3.8) is 0 Å². The van der Waals surface area contributed by atoms with E-state index in [0.29, 0.717) is 41.9 Å². The van der Waals surface area contributed by atoms with Gasteiger partial charge >= 0.3 is 0 Å². The number of likely N-dealkylation sites (tertiary alicyclic amines) is 1. The van der Waals surface area contributed by atoms with Crippen molar-refractivity contribution in [3.8, 4) is 0 Å². The maximum atomic E-state index is 15.0. The van der Waals surface area contributed by atoms with Crippen LogP contribution in [0.2, 0.25) is 0 Å². The molecule has 1 aliphatic heterocycles. The molecule has 15 heteroatoms. The molecule has 0 bridgehead atoms. The van der Waals surface area contributed by atoms with Crippen LogP contribution in [0.25, 0.3) is 5.65 Å². The van der Waals surface area contributed by atoms with Crippen LogP contribution in [0, 0.1) is 5.92 Å². The van der Waals surface area contributed by atoms with Crippen molar-refractivity contribution < 1.29 is 29.1 Å². The van der Waals surface area contributed by atoms with Gasteiger partial charge in [-0.15, -0.1) is 5.10 Å². The van der Waals surface area contributed by atoms with Crippen LogP contribution >= 0.6 is 0 Å². The predicted molar refractivity (Wildman–Crippen MR) is 180 cm³/mol. The van der Waals surface area contributed by atoms with Crippen molar-refractivity contribution in [2.24, 2.45) is 17.4 Å². The molecular weight excluding hydrogens is 642 g/mol. The molecule has 0 aromatic carbocycles. The molecule has 50 heavy (non-hydrogen) atoms. The Kier molecular flexibility index (Phi) is 9.80. The van der Waals surface area contributed by atoms with Gasteiger partial charge in [0.25, 0.3) is 5.91 Å². The standard InChI is InChI=1S/C35H47N9O6/c1-34(2,50)27-17-38-41-44(27)23-16-26(32(48)40-35(29(45)31(37)47)13-7-4-8-14-35)43(19-23)33(49)24(15-21-9-5-3-6-10-21)25-20-42-18-22(30(36)46)11-12-28(42)39-25/h11-12,17-18,20-21,23-24,26,50H,3-10,13-16,19H2,1-2H3,(H2,36,46)(H2,37,47)(H,40,48)/t23-,24+,26-/m0/s1. The fourth-order valence-corrected chi connectivity index (χ4v) is 8.18. The number of aliphatic hydroxyl groups is 1. The maximum Gasteiger partial charge on any atom is 0.287 e. The highest BCUT2D eigenvalue weighted by atomic mass is 16.3. The minimum atomic E-state index is -1.44. The Labute approximate surface area is 290 Å². The number of primary amides is 2. The van der Waals surface area contributed by atoms with E-state index >= 15 is 0 Å². The summed E-state index contributed by atoms with van der Waals surface area (Å²) in [5.74, 6) is -3.84. The molecular formula is C35H47N9O6. The van der Waals surface area contributed by atoms with Gasteiger partial charge in [-0.3, -0.25) is 24.0 Å². The topological polar surface area (TPSA) is 221 Å². The fraction of sp³-hybridized carbons (Fsp3) is 0.600. The highest BCUT2D eigenvalue weighted by Crippen LogP contribution is 2.39. The second-order valence-corrected chi connectivity index (χ2v) is 14.8. The minimum absolute atomic E-state index is 0.0838. The Morgan fingerprint density at radius 3 is 2.38 bits per heavy atom. The normalized spacial score (nSPS) is 21.9. The lowest BCUT2D eigenvalue weighted by molar-refractivity contribution is -0.145. The number of ketones is 1. The SMILES string of the molecule is CC(C)(O)c1cnnn1[C@H]1C[C@@H](C(=O)NC2(C(=O)C(N)=O)CCCCC2)N(C(=O)[C@H](CC2CCCCC2)c2cn3cc(C(N)=O)ccc3n2)C1. The first-order valence-corrected chi connectivity index (χ1v) is 17.7. The van der Waals surface area contributed by atoms with E-state index in [1.54, 1.807) is 47.5 Å². The van der Waals surface area contributed by atoms with E-state index in [-0.39, 0.29) is 37.6 Å². The molecule has 3 atom stereocenters. The summed E-state index contributed by atoms with van der Waals surface area (Å²) in [6.45, 7) is 3.31. The molecule has 0 spiro atoms. The van der Waals surface area contributed by atoms with Crippen LogP contribution in [0.5, 0.6) is 0 Å². The van der Waals surface area contributed by atoms with Crippen molar-refractivity contribution in [1.82, 2.24) is 34.6 Å². The van der Waals surface area contributed by atoms with Gasteiger partial charge in [-0.2, -0.15) is 0 Å². The average Bonchev–Trinajstić information content (AvgIpc) is 3.85. The molecule has 2 aliphatic carbocycles. The second-order valence-electron chi connectivity index (χ2n) is 14.8. The van der Waals surface area contributed by atoms with Gasteiger partial charge in [0.05, 0.1) is 35.1 Å². The molecule has 268 valence electrons. The molecule has 4 amide bonds. The smallest absolute Gasteiger partial charge is 0.287 e. The third-order valence-corrected chi connectivity index (χ3v) is 10.8. The number of aromatic nitrogens is 5. The van der Waals surface area contributed by atoms with Crippen LogP contribution in [0.3, 0.4) is 0 Å². The summed E-state index contributed by atoms with van der Waals surface area (Å²) in [6.07, 6.45) is 13.3. The van der Waals surface area contributed by atoms with E-state index in [2.05, 4.69) is 15.6 Å². The quantitative estimate of drug-likeness (QED) is 0.216. The molecule has 3 aromatic heterocycles. The van der Waals surface area contributed by atoms with Crippen LogP contribution in [0.1, 0.15) is 125 Å². The maximum absolute atomic E-state index is 15.0. The number of rotatable bonds is 11. The van der Waals surface area contributed by atoms with Crippen LogP contribution in [-0.4, -0.2) is 81.9 Å². The minimum Gasteiger partial charge on any atom is -0.384 e. The number of nitrogens with one attached hydrogen (secondary N) is 1. The number of carbonyl (C=O) groups is 5. The van der Waals surface area contributed by atoms with Gasteiger partial charge in [-0.25, -0.2) is 9.67 Å². The first kappa shape index (κ1) is 35.2. The number of nitrogens with two attached hydrogens (primary N) is 2. The first-order chi connectivity index (χ1) is 23.8. The van der Waals surface area contributed by atoms with Gasteiger partial charge in [0.1, 0.15) is 22.8 Å². The van der Waals surface area contributed by atoms with Crippen LogP contribution in [-0.2, 0) is 24.8 Å². The van der Waals surface area contributed by atoms with E-state index in [0.717, 1.165) is 38.5 Å². The number of pyridine rings is 1. The van der Waals surface area contributed by atoms with Crippen molar-refractivity contribution in [3.05, 3.63) is 47.7 Å². The number of hydrogen-bond donors (Lipinski definition) is 4. The lowest BCUT2D eigenvalue weighted by Gasteiger charge is -2.37. The van der Waals surface area contributed by atoms with Crippen molar-refractivity contribution in [2.75, 3.05) is 6.54 Å². The first-order valence-electron chi connectivity index (χ1n) is 17.7. The summed E-state index contributed by atoms with van der Waals surface area (Å²) >= 11 is 0. The predicted octanol–water partition coefficient (Wildman–Crippen LogP) is 2.02. The van der Waals surface area contributed by atoms with Gasteiger partial charge in [0.2, 0.25) is 23.5 Å². The van der Waals surface area contributed by atoms with Crippen LogP contribution in [0.15, 0.2) is 30.7 Å². The Balaban J connectivity index is 1.39. The van der Waals surface area contributed by atoms with Crippen molar-refractivity contribution in [2.45, 2.75) is 120 Å². The zero-order valence-electron chi connectivity index (χ0n) is 28.7. The lowest BCUT2D eigenvalue weighted by Crippen LogP contribution is -2.62. The summed E-state index contributed by atoms with van der Waals surface area (Å²) in [5, 5.41) is 22.1. The van der Waals surface area contributed by atoms with Gasteiger partial charge in [0, 0.05) is 25.4 Å². The Morgan fingerprint density at radius 1 is 1.02 bits per heavy atom. The number of nitrogens with zero attached hydrogens (tertiary/aromatic N) is 6. The molecule has 4 heterocycles. The Hall–Kier alpha value is -4.66. The van der Waals surface area contributed by atoms with Crippen LogP contribution < -0.4 is 16.8 Å². The lowest BCUT2D eigenvalue weighted by atomic mass is 9.78. The molecule has 15 nitrogen and oxygen atoms in total. The Bertz CT molecular complexity index is 1780. The molecule has 1 saturated heterocycles. The molecule has 6 rings (SSSR count). The summed E-state index contributed by atoms with van der Waals surface area (Å²) in [6, 6.07) is 1.71. The van der Waals surface area contributed by atoms with E-state index in [1.807, 2.05) is 0 Å². The van der Waals surface area contributed by atoms with E-state index < -0.39 is 52.6 Å². The zero-order chi connectivity index (χ0) is 35.8. The molecule has 3 fully saturated rings. The van der Waals surface area contributed by atoms with E-state index in [9.17, 15) is 29.1 Å². The highest BCUT2D eigenvalue weighted by molar-refractivity contribution is 6.39. The molecule has 0 radical (unpaired) electrons. The molecule has 0 unspecified atom stereocenters. The number of carbonyl (C=O) groups excluding carboxylic acids is 5. The summed E-state index contributed by atoms with van der Waals surface area (Å²) < 4.78 is 3.24. The highest BCUT2D eigenvalue weighted by Gasteiger charge is 2.49. The zero-order valence-corrected chi connectivity index (χ0v) is 28.7. The monoisotopic (exact) mass is 689 g/mol. The van der Waals surface area contributed by atoms with Gasteiger partial charge in [-0.05, 0) is 51.2 Å². The van der Waals surface area contributed by atoms with Gasteiger partial charge in [0.15, 0.2) is 0 Å². The third kappa shape index (κ3) is 7.00. The Morgan fingerprint density at radius 2 is 1.72 bits per heavy atom. The van der Waals surface area contributed by atoms with Gasteiger partial charge < -0.3 is 31.2 Å². The summed E-state index contributed by atoms with van der Waals surface area (Å²) in [5.41, 5.74) is 10.0. The molecule has 3 aliphatic rings. The van der Waals surface area contributed by atoms with E-state index in [1.165, 1.54) is 11.1 Å². The second kappa shape index (κ2) is 13.9. The summed E-state index contributed by atoms with van der Waals surface area (Å²) in [4.78, 5) is 73.0. The largest absolute Gasteiger partial charge is 0.384 e. The molecule has 6 N–H and O–H groups in total. The molecule has 2 saturated carbocycles. The van der Waals surface area contributed by atoms with Gasteiger partial charge in [-0.1, -0.05) is 56.6 Å². The molecule has 3 aromatic rings. The number of imidazole rings is 1. The third-order valence-electron chi connectivity index (χ3n) is 10.8. The number of amides is 4. The number of fused-ring (bicyclic) bond motifs is 1. The van der Waals surface area contributed by atoms with Crippen molar-refractivity contribution >= 4 is 35.1 Å². The number of hydrogen-bond acceptors (Lipinski definition) is 9. The summed E-state index contributed by atoms with van der Waals surface area (Å²) in [7, 11) is 0.